The van der Waals surface area contributed by atoms with Crippen LogP contribution in [0.5, 0.6) is 0 Å². The molecule has 1 fully saturated rings. The molecule has 166 valence electrons. The van der Waals surface area contributed by atoms with E-state index in [-0.39, 0.29) is 17.9 Å². The molecule has 0 unspecified atom stereocenters. The van der Waals surface area contributed by atoms with E-state index in [1.807, 2.05) is 62.4 Å². The van der Waals surface area contributed by atoms with Crippen molar-refractivity contribution in [3.05, 3.63) is 70.2 Å². The van der Waals surface area contributed by atoms with Crippen molar-refractivity contribution >= 4 is 35.2 Å². The number of carbonyl (C=O) groups is 2. The highest BCUT2D eigenvalue weighted by Gasteiger charge is 2.28. The molecule has 4 nitrogen and oxygen atoms in total. The van der Waals surface area contributed by atoms with Gasteiger partial charge in [0.15, 0.2) is 0 Å². The third-order valence-electron chi connectivity index (χ3n) is 5.75. The quantitative estimate of drug-likeness (QED) is 0.550. The smallest absolute Gasteiger partial charge is 0.242 e. The van der Waals surface area contributed by atoms with Gasteiger partial charge in [0, 0.05) is 23.4 Å². The number of aryl methyl sites for hydroxylation is 1. The van der Waals surface area contributed by atoms with Crippen LogP contribution in [0.4, 0.5) is 0 Å². The third kappa shape index (κ3) is 7.29. The first-order valence-electron chi connectivity index (χ1n) is 10.9. The molecule has 0 saturated heterocycles. The Kier molecular flexibility index (Phi) is 8.85. The molecule has 3 rings (SSSR count). The zero-order valence-corrected chi connectivity index (χ0v) is 19.8. The molecule has 2 aromatic carbocycles. The number of hydrogen-bond acceptors (Lipinski definition) is 3. The zero-order chi connectivity index (χ0) is 22.2. The van der Waals surface area contributed by atoms with E-state index in [9.17, 15) is 9.59 Å². The highest BCUT2D eigenvalue weighted by Crippen LogP contribution is 2.20. The van der Waals surface area contributed by atoms with E-state index in [2.05, 4.69) is 5.32 Å². The molecule has 1 N–H and O–H groups in total. The molecular weight excluding hydrogens is 428 g/mol. The number of benzene rings is 2. The second kappa shape index (κ2) is 11.6. The van der Waals surface area contributed by atoms with E-state index in [1.54, 1.807) is 16.7 Å². The Morgan fingerprint density at radius 2 is 1.68 bits per heavy atom. The van der Waals surface area contributed by atoms with Crippen LogP contribution in [-0.4, -0.2) is 34.6 Å². The molecule has 6 heteroatoms. The van der Waals surface area contributed by atoms with Gasteiger partial charge in [0.1, 0.15) is 6.04 Å². The highest BCUT2D eigenvalue weighted by atomic mass is 35.5. The Morgan fingerprint density at radius 1 is 1.06 bits per heavy atom. The van der Waals surface area contributed by atoms with Gasteiger partial charge in [0.05, 0.1) is 5.75 Å². The number of hydrogen-bond donors (Lipinski definition) is 1. The molecule has 2 aromatic rings. The number of nitrogens with one attached hydrogen (secondary N) is 1. The van der Waals surface area contributed by atoms with Crippen LogP contribution < -0.4 is 5.32 Å². The average Bonchev–Trinajstić information content (AvgIpc) is 3.27. The first-order chi connectivity index (χ1) is 14.9. The van der Waals surface area contributed by atoms with E-state index in [4.69, 9.17) is 11.6 Å². The summed E-state index contributed by atoms with van der Waals surface area (Å²) in [5.41, 5.74) is 3.33. The average molecular weight is 459 g/mol. The van der Waals surface area contributed by atoms with Gasteiger partial charge < -0.3 is 10.2 Å². The molecule has 1 aliphatic rings. The molecule has 2 amide bonds. The van der Waals surface area contributed by atoms with E-state index in [1.165, 1.54) is 5.56 Å². The van der Waals surface area contributed by atoms with Gasteiger partial charge in [-0.3, -0.25) is 9.59 Å². The van der Waals surface area contributed by atoms with Crippen molar-refractivity contribution in [2.45, 2.75) is 63.9 Å². The van der Waals surface area contributed by atoms with Crippen molar-refractivity contribution in [1.82, 2.24) is 10.2 Å². The molecule has 0 aliphatic heterocycles. The van der Waals surface area contributed by atoms with Crippen molar-refractivity contribution < 1.29 is 9.59 Å². The summed E-state index contributed by atoms with van der Waals surface area (Å²) in [5, 5.41) is 3.85. The lowest BCUT2D eigenvalue weighted by molar-refractivity contribution is -0.138. The molecule has 0 bridgehead atoms. The summed E-state index contributed by atoms with van der Waals surface area (Å²) in [6.45, 7) is 4.30. The fourth-order valence-corrected chi connectivity index (χ4v) is 4.78. The summed E-state index contributed by atoms with van der Waals surface area (Å²) >= 11 is 7.50. The Labute approximate surface area is 194 Å². The first-order valence-corrected chi connectivity index (χ1v) is 12.4. The van der Waals surface area contributed by atoms with Gasteiger partial charge in [-0.15, -0.1) is 11.8 Å². The Morgan fingerprint density at radius 3 is 2.32 bits per heavy atom. The van der Waals surface area contributed by atoms with Crippen LogP contribution >= 0.6 is 23.4 Å². The van der Waals surface area contributed by atoms with Crippen LogP contribution in [0.1, 0.15) is 49.3 Å². The Bertz CT molecular complexity index is 864. The summed E-state index contributed by atoms with van der Waals surface area (Å²) in [6, 6.07) is 15.5. The molecule has 1 aliphatic carbocycles. The maximum atomic E-state index is 13.1. The number of carbonyl (C=O) groups excluding carboxylic acids is 2. The fraction of sp³-hybridized carbons (Fsp3) is 0.440. The molecule has 1 saturated carbocycles. The minimum atomic E-state index is -0.509. The van der Waals surface area contributed by atoms with E-state index >= 15 is 0 Å². The number of halogens is 1. The van der Waals surface area contributed by atoms with Crippen molar-refractivity contribution in [1.29, 1.82) is 0 Å². The van der Waals surface area contributed by atoms with Gasteiger partial charge >= 0.3 is 0 Å². The minimum absolute atomic E-state index is 0.0198. The summed E-state index contributed by atoms with van der Waals surface area (Å²) in [5.74, 6) is 0.975. The largest absolute Gasteiger partial charge is 0.352 e. The van der Waals surface area contributed by atoms with Gasteiger partial charge in [-0.05, 0) is 49.9 Å². The van der Waals surface area contributed by atoms with Crippen LogP contribution in [0.25, 0.3) is 0 Å². The molecule has 31 heavy (non-hydrogen) atoms. The third-order valence-corrected chi connectivity index (χ3v) is 6.99. The summed E-state index contributed by atoms with van der Waals surface area (Å²) < 4.78 is 0. The maximum absolute atomic E-state index is 13.1. The standard InChI is InChI=1S/C25H31ClN2O2S/c1-18-7-9-20(10-8-18)15-28(19(2)25(30)27-23-5-3-4-6-23)24(29)17-31-16-21-11-13-22(26)14-12-21/h7-14,19,23H,3-6,15-17H2,1-2H3,(H,27,30)/t19-/m0/s1. The number of thioether (sulfide) groups is 1. The number of amides is 2. The SMILES string of the molecule is Cc1ccc(CN(C(=O)CSCc2ccc(Cl)cc2)[C@@H](C)C(=O)NC2CCCC2)cc1. The maximum Gasteiger partial charge on any atom is 0.242 e. The Hall–Kier alpha value is -1.98. The van der Waals surface area contributed by atoms with Crippen LogP contribution in [0.3, 0.4) is 0 Å². The van der Waals surface area contributed by atoms with Crippen LogP contribution in [0.15, 0.2) is 48.5 Å². The summed E-state index contributed by atoms with van der Waals surface area (Å²) in [7, 11) is 0. The van der Waals surface area contributed by atoms with Crippen molar-refractivity contribution in [2.24, 2.45) is 0 Å². The first kappa shape index (κ1) is 23.7. The molecular formula is C25H31ClN2O2S. The molecule has 0 radical (unpaired) electrons. The number of nitrogens with zero attached hydrogens (tertiary/aromatic N) is 1. The highest BCUT2D eigenvalue weighted by molar-refractivity contribution is 7.99. The predicted molar refractivity (Wildman–Crippen MR) is 129 cm³/mol. The van der Waals surface area contributed by atoms with Crippen molar-refractivity contribution in [2.75, 3.05) is 5.75 Å². The van der Waals surface area contributed by atoms with E-state index < -0.39 is 6.04 Å². The fourth-order valence-electron chi connectivity index (χ4n) is 3.78. The molecule has 0 aromatic heterocycles. The monoisotopic (exact) mass is 458 g/mol. The lowest BCUT2D eigenvalue weighted by Gasteiger charge is -2.29. The van der Waals surface area contributed by atoms with Gasteiger partial charge in [-0.2, -0.15) is 0 Å². The predicted octanol–water partition coefficient (Wildman–Crippen LogP) is 5.36. The second-order valence-electron chi connectivity index (χ2n) is 8.29. The number of rotatable bonds is 9. The zero-order valence-electron chi connectivity index (χ0n) is 18.3. The van der Waals surface area contributed by atoms with Gasteiger partial charge in [-0.25, -0.2) is 0 Å². The lowest BCUT2D eigenvalue weighted by atomic mass is 10.1. The van der Waals surface area contributed by atoms with Crippen molar-refractivity contribution in [3.8, 4) is 0 Å². The van der Waals surface area contributed by atoms with Gasteiger partial charge in [-0.1, -0.05) is 66.4 Å². The summed E-state index contributed by atoms with van der Waals surface area (Å²) in [4.78, 5) is 27.8. The Balaban J connectivity index is 1.64. The molecule has 1 atom stereocenters. The lowest BCUT2D eigenvalue weighted by Crippen LogP contribution is -2.50. The van der Waals surface area contributed by atoms with E-state index in [0.29, 0.717) is 17.3 Å². The van der Waals surface area contributed by atoms with Crippen LogP contribution in [-0.2, 0) is 21.9 Å². The van der Waals surface area contributed by atoms with Gasteiger partial charge in [0.25, 0.3) is 0 Å². The second-order valence-corrected chi connectivity index (χ2v) is 9.71. The normalized spacial score (nSPS) is 14.9. The molecule has 0 spiro atoms. The molecule has 0 heterocycles. The minimum Gasteiger partial charge on any atom is -0.352 e. The van der Waals surface area contributed by atoms with Crippen LogP contribution in [0, 0.1) is 6.92 Å². The van der Waals surface area contributed by atoms with Crippen molar-refractivity contribution in [3.63, 3.8) is 0 Å². The van der Waals surface area contributed by atoms with E-state index in [0.717, 1.165) is 42.6 Å². The summed E-state index contributed by atoms with van der Waals surface area (Å²) in [6.07, 6.45) is 4.38. The topological polar surface area (TPSA) is 49.4 Å². The van der Waals surface area contributed by atoms with Crippen LogP contribution in [0.2, 0.25) is 5.02 Å². The van der Waals surface area contributed by atoms with Gasteiger partial charge in [0.2, 0.25) is 11.8 Å².